The van der Waals surface area contributed by atoms with E-state index in [4.69, 9.17) is 0 Å². The van der Waals surface area contributed by atoms with Crippen LogP contribution in [-0.2, 0) is 11.2 Å². The van der Waals surface area contributed by atoms with Gasteiger partial charge >= 0.3 is 0 Å². The zero-order valence-electron chi connectivity index (χ0n) is 12.4. The van der Waals surface area contributed by atoms with Crippen molar-refractivity contribution in [2.24, 2.45) is 16.7 Å². The first-order chi connectivity index (χ1) is 8.18. The number of hydrogen-bond donors (Lipinski definition) is 0. The third-order valence-electron chi connectivity index (χ3n) is 5.21. The SMILES string of the molecule is Cc1ccc(C)c(CC(=O)C2C(C)(C)C2(C)C)c1. The van der Waals surface area contributed by atoms with Gasteiger partial charge in [0, 0.05) is 12.3 Å². The molecule has 0 heterocycles. The van der Waals surface area contributed by atoms with Crippen LogP contribution in [0.15, 0.2) is 18.2 Å². The summed E-state index contributed by atoms with van der Waals surface area (Å²) in [7, 11) is 0. The highest BCUT2D eigenvalue weighted by Gasteiger charge is 2.67. The molecule has 0 saturated heterocycles. The fourth-order valence-electron chi connectivity index (χ4n) is 3.28. The van der Waals surface area contributed by atoms with E-state index in [0.29, 0.717) is 12.2 Å². The van der Waals surface area contributed by atoms with Gasteiger partial charge in [-0.3, -0.25) is 4.79 Å². The Morgan fingerprint density at radius 2 is 1.67 bits per heavy atom. The molecule has 98 valence electrons. The molecule has 0 atom stereocenters. The molecule has 1 saturated carbocycles. The van der Waals surface area contributed by atoms with Crippen molar-refractivity contribution in [3.05, 3.63) is 34.9 Å². The second-order valence-electron chi connectivity index (χ2n) is 6.95. The first-order valence-electron chi connectivity index (χ1n) is 6.77. The van der Waals surface area contributed by atoms with Gasteiger partial charge in [0.05, 0.1) is 0 Å². The molecule has 1 heteroatoms. The van der Waals surface area contributed by atoms with Crippen molar-refractivity contribution in [2.75, 3.05) is 0 Å². The van der Waals surface area contributed by atoms with E-state index in [1.807, 2.05) is 0 Å². The zero-order chi connectivity index (χ0) is 13.7. The first-order valence-corrected chi connectivity index (χ1v) is 6.77. The van der Waals surface area contributed by atoms with Gasteiger partial charge in [0.15, 0.2) is 0 Å². The molecule has 1 aliphatic rings. The maximum atomic E-state index is 12.5. The number of rotatable bonds is 3. The van der Waals surface area contributed by atoms with Crippen LogP contribution in [0.3, 0.4) is 0 Å². The quantitative estimate of drug-likeness (QED) is 0.782. The maximum absolute atomic E-state index is 12.5. The lowest BCUT2D eigenvalue weighted by atomic mass is 9.97. The third-order valence-corrected chi connectivity index (χ3v) is 5.21. The molecule has 18 heavy (non-hydrogen) atoms. The molecule has 0 unspecified atom stereocenters. The van der Waals surface area contributed by atoms with Crippen molar-refractivity contribution in [2.45, 2.75) is 48.0 Å². The zero-order valence-corrected chi connectivity index (χ0v) is 12.4. The smallest absolute Gasteiger partial charge is 0.141 e. The highest BCUT2D eigenvalue weighted by molar-refractivity contribution is 5.88. The molecule has 1 aliphatic carbocycles. The molecule has 1 nitrogen and oxygen atoms in total. The number of hydrogen-bond acceptors (Lipinski definition) is 1. The van der Waals surface area contributed by atoms with Crippen LogP contribution in [0.1, 0.15) is 44.4 Å². The number of Topliss-reactive ketones (excluding diaryl/α,β-unsaturated/α-hetero) is 1. The highest BCUT2D eigenvalue weighted by atomic mass is 16.1. The minimum atomic E-state index is 0.155. The Kier molecular flexibility index (Phi) is 2.92. The largest absolute Gasteiger partial charge is 0.299 e. The lowest BCUT2D eigenvalue weighted by Gasteiger charge is -2.07. The average Bonchev–Trinajstić information content (AvgIpc) is 2.63. The van der Waals surface area contributed by atoms with Crippen LogP contribution in [0, 0.1) is 30.6 Å². The normalized spacial score (nSPS) is 20.8. The van der Waals surface area contributed by atoms with Crippen LogP contribution in [0.25, 0.3) is 0 Å². The fourth-order valence-corrected chi connectivity index (χ4v) is 3.28. The van der Waals surface area contributed by atoms with Crippen LogP contribution >= 0.6 is 0 Å². The third kappa shape index (κ3) is 1.90. The predicted molar refractivity (Wildman–Crippen MR) is 75.7 cm³/mol. The second-order valence-corrected chi connectivity index (χ2v) is 6.95. The Balaban J connectivity index is 2.17. The van der Waals surface area contributed by atoms with Crippen molar-refractivity contribution in [1.29, 1.82) is 0 Å². The summed E-state index contributed by atoms with van der Waals surface area (Å²) in [5, 5.41) is 0. The summed E-state index contributed by atoms with van der Waals surface area (Å²) in [5.41, 5.74) is 3.96. The minimum absolute atomic E-state index is 0.155. The molecule has 0 bridgehead atoms. The number of carbonyl (C=O) groups is 1. The van der Waals surface area contributed by atoms with Crippen LogP contribution in [0.2, 0.25) is 0 Å². The van der Waals surface area contributed by atoms with Crippen molar-refractivity contribution in [3.63, 3.8) is 0 Å². The Bertz CT molecular complexity index is 480. The molecular formula is C17H24O. The summed E-state index contributed by atoms with van der Waals surface area (Å²) in [6.07, 6.45) is 0.588. The summed E-state index contributed by atoms with van der Waals surface area (Å²) >= 11 is 0. The molecule has 0 aromatic heterocycles. The molecule has 0 spiro atoms. The van der Waals surface area contributed by atoms with E-state index in [0.717, 1.165) is 0 Å². The Morgan fingerprint density at radius 3 is 2.17 bits per heavy atom. The van der Waals surface area contributed by atoms with Crippen LogP contribution in [0.5, 0.6) is 0 Å². The lowest BCUT2D eigenvalue weighted by Crippen LogP contribution is -2.11. The van der Waals surface area contributed by atoms with Crippen molar-refractivity contribution >= 4 is 5.78 Å². The Labute approximate surface area is 111 Å². The van der Waals surface area contributed by atoms with Gasteiger partial charge in [0.2, 0.25) is 0 Å². The summed E-state index contributed by atoms with van der Waals surface area (Å²) < 4.78 is 0. The van der Waals surface area contributed by atoms with Crippen molar-refractivity contribution < 1.29 is 4.79 Å². The van der Waals surface area contributed by atoms with Crippen LogP contribution in [-0.4, -0.2) is 5.78 Å². The first kappa shape index (κ1) is 13.3. The van der Waals surface area contributed by atoms with Crippen LogP contribution in [0.4, 0.5) is 0 Å². The Hall–Kier alpha value is -1.11. The lowest BCUT2D eigenvalue weighted by molar-refractivity contribution is -0.120. The molecule has 0 amide bonds. The monoisotopic (exact) mass is 244 g/mol. The maximum Gasteiger partial charge on any atom is 0.141 e. The average molecular weight is 244 g/mol. The predicted octanol–water partition coefficient (Wildman–Crippen LogP) is 4.10. The number of ketones is 1. The van der Waals surface area contributed by atoms with Gasteiger partial charge in [-0.1, -0.05) is 51.5 Å². The van der Waals surface area contributed by atoms with E-state index in [1.54, 1.807) is 0 Å². The molecular weight excluding hydrogens is 220 g/mol. The number of benzene rings is 1. The van der Waals surface area contributed by atoms with E-state index in [1.165, 1.54) is 16.7 Å². The van der Waals surface area contributed by atoms with E-state index in [-0.39, 0.29) is 16.7 Å². The standard InChI is InChI=1S/C17H24O/c1-11-7-8-12(2)13(9-11)10-14(18)15-16(3,4)17(15,5)6/h7-9,15H,10H2,1-6H3. The van der Waals surface area contributed by atoms with Gasteiger partial charge in [0.1, 0.15) is 5.78 Å². The van der Waals surface area contributed by atoms with E-state index < -0.39 is 0 Å². The summed E-state index contributed by atoms with van der Waals surface area (Å²) in [4.78, 5) is 12.5. The van der Waals surface area contributed by atoms with E-state index in [9.17, 15) is 4.79 Å². The molecule has 0 N–H and O–H groups in total. The molecule has 1 fully saturated rings. The summed E-state index contributed by atoms with van der Waals surface area (Å²) in [6.45, 7) is 13.0. The van der Waals surface area contributed by atoms with Gasteiger partial charge < -0.3 is 0 Å². The van der Waals surface area contributed by atoms with Gasteiger partial charge in [-0.15, -0.1) is 0 Å². The highest BCUT2D eigenvalue weighted by Crippen LogP contribution is 2.68. The molecule has 1 aromatic rings. The Morgan fingerprint density at radius 1 is 1.11 bits per heavy atom. The fraction of sp³-hybridized carbons (Fsp3) is 0.588. The van der Waals surface area contributed by atoms with Gasteiger partial charge in [-0.2, -0.15) is 0 Å². The minimum Gasteiger partial charge on any atom is -0.299 e. The topological polar surface area (TPSA) is 17.1 Å². The molecule has 0 aliphatic heterocycles. The molecule has 2 rings (SSSR count). The number of aryl methyl sites for hydroxylation is 2. The second kappa shape index (κ2) is 3.94. The van der Waals surface area contributed by atoms with E-state index in [2.05, 4.69) is 59.7 Å². The van der Waals surface area contributed by atoms with Crippen molar-refractivity contribution in [3.8, 4) is 0 Å². The van der Waals surface area contributed by atoms with Gasteiger partial charge in [-0.25, -0.2) is 0 Å². The van der Waals surface area contributed by atoms with Crippen LogP contribution < -0.4 is 0 Å². The van der Waals surface area contributed by atoms with Crippen molar-refractivity contribution in [1.82, 2.24) is 0 Å². The number of carbonyl (C=O) groups excluding carboxylic acids is 1. The van der Waals surface area contributed by atoms with Gasteiger partial charge in [-0.05, 0) is 35.8 Å². The summed E-state index contributed by atoms with van der Waals surface area (Å²) in [5.74, 6) is 0.614. The molecule has 0 radical (unpaired) electrons. The van der Waals surface area contributed by atoms with E-state index >= 15 is 0 Å². The molecule has 1 aromatic carbocycles. The van der Waals surface area contributed by atoms with Gasteiger partial charge in [0.25, 0.3) is 0 Å². The summed E-state index contributed by atoms with van der Waals surface area (Å²) in [6, 6.07) is 6.37.